The van der Waals surface area contributed by atoms with Crippen molar-refractivity contribution < 1.29 is 13.2 Å². The van der Waals surface area contributed by atoms with E-state index in [1.807, 2.05) is 19.9 Å². The molecule has 0 radical (unpaired) electrons. The Labute approximate surface area is 192 Å². The fraction of sp³-hybridized carbons (Fsp3) is 0.652. The quantitative estimate of drug-likeness (QED) is 0.493. The Kier molecular flexibility index (Phi) is 8.30. The average Bonchev–Trinajstić information content (AvgIpc) is 3.56. The number of nitrogens with one attached hydrogen (secondary N) is 1. The van der Waals surface area contributed by atoms with Crippen LogP contribution in [0.2, 0.25) is 0 Å². The van der Waals surface area contributed by atoms with Crippen LogP contribution in [-0.4, -0.2) is 72.3 Å². The molecule has 1 aliphatic carbocycles. The zero-order chi connectivity index (χ0) is 23.3. The number of carbonyl (C=O) groups excluding carboxylic acids is 1. The molecular weight excluding hydrogens is 426 g/mol. The van der Waals surface area contributed by atoms with Gasteiger partial charge in [-0.25, -0.2) is 13.4 Å². The number of fused-ring (bicyclic) bond motifs is 1. The van der Waals surface area contributed by atoms with E-state index >= 15 is 0 Å². The van der Waals surface area contributed by atoms with E-state index in [0.29, 0.717) is 44.0 Å². The molecule has 178 valence electrons. The molecule has 0 bridgehead atoms. The Morgan fingerprint density at radius 2 is 1.94 bits per heavy atom. The molecular formula is C23H37N5O3S. The molecule has 32 heavy (non-hydrogen) atoms. The maximum absolute atomic E-state index is 12.9. The van der Waals surface area contributed by atoms with E-state index < -0.39 is 10.0 Å². The number of benzene rings is 1. The summed E-state index contributed by atoms with van der Waals surface area (Å²) in [6, 6.07) is 5.85. The van der Waals surface area contributed by atoms with Crippen molar-refractivity contribution in [3.05, 3.63) is 24.0 Å². The van der Waals surface area contributed by atoms with E-state index in [4.69, 9.17) is 4.98 Å². The second-order valence-electron chi connectivity index (χ2n) is 8.48. The highest BCUT2D eigenvalue weighted by Gasteiger charge is 2.25. The molecule has 0 aliphatic heterocycles. The molecule has 1 amide bonds. The Morgan fingerprint density at radius 3 is 2.56 bits per heavy atom. The second kappa shape index (κ2) is 10.8. The molecule has 1 N–H and O–H groups in total. The summed E-state index contributed by atoms with van der Waals surface area (Å²) in [6.45, 7) is 8.93. The molecule has 1 heterocycles. The van der Waals surface area contributed by atoms with Crippen molar-refractivity contribution in [1.29, 1.82) is 0 Å². The van der Waals surface area contributed by atoms with Crippen LogP contribution >= 0.6 is 0 Å². The fourth-order valence-electron chi connectivity index (χ4n) is 4.08. The lowest BCUT2D eigenvalue weighted by atomic mass is 10.2. The van der Waals surface area contributed by atoms with Crippen molar-refractivity contribution in [3.63, 3.8) is 0 Å². The summed E-state index contributed by atoms with van der Waals surface area (Å²) in [7, 11) is -1.43. The van der Waals surface area contributed by atoms with Gasteiger partial charge in [0.25, 0.3) is 0 Å². The molecule has 2 aromatic rings. The second-order valence-corrected chi connectivity index (χ2v) is 10.4. The number of rotatable bonds is 13. The van der Waals surface area contributed by atoms with Gasteiger partial charge in [0.1, 0.15) is 5.82 Å². The van der Waals surface area contributed by atoms with Crippen molar-refractivity contribution in [2.24, 2.45) is 0 Å². The molecule has 1 aromatic heterocycles. The van der Waals surface area contributed by atoms with Crippen LogP contribution in [0.15, 0.2) is 23.1 Å². The molecule has 1 aromatic carbocycles. The third-order valence-electron chi connectivity index (χ3n) is 6.12. The number of hydrogen-bond acceptors (Lipinski definition) is 5. The standard InChI is InChI=1S/C23H37N5O3S/c1-5-15-28-21-11-10-19(32(30,31)27(6-2)7-3)17-20(21)25-22(28)12-13-23(29)24-14-16-26(4)18-8-9-18/h10-11,17-18H,5-9,12-16H2,1-4H3,(H,24,29). The van der Waals surface area contributed by atoms with Gasteiger partial charge in [-0.05, 0) is 44.5 Å². The summed E-state index contributed by atoms with van der Waals surface area (Å²) in [4.78, 5) is 19.6. The topological polar surface area (TPSA) is 87.5 Å². The van der Waals surface area contributed by atoms with Crippen LogP contribution in [-0.2, 0) is 27.8 Å². The molecule has 0 unspecified atom stereocenters. The van der Waals surface area contributed by atoms with Gasteiger partial charge in [0.05, 0.1) is 15.9 Å². The average molecular weight is 464 g/mol. The van der Waals surface area contributed by atoms with Crippen LogP contribution in [0.3, 0.4) is 0 Å². The molecule has 0 saturated heterocycles. The van der Waals surface area contributed by atoms with Crippen LogP contribution in [0.25, 0.3) is 11.0 Å². The van der Waals surface area contributed by atoms with Crippen LogP contribution in [0.4, 0.5) is 0 Å². The number of aryl methyl sites for hydroxylation is 2. The third kappa shape index (κ3) is 5.68. The maximum atomic E-state index is 12.9. The van der Waals surface area contributed by atoms with E-state index in [0.717, 1.165) is 30.9 Å². The van der Waals surface area contributed by atoms with E-state index in [9.17, 15) is 13.2 Å². The van der Waals surface area contributed by atoms with Crippen molar-refractivity contribution >= 4 is 27.0 Å². The number of nitrogens with zero attached hydrogens (tertiary/aromatic N) is 4. The highest BCUT2D eigenvalue weighted by molar-refractivity contribution is 7.89. The van der Waals surface area contributed by atoms with Gasteiger partial charge in [-0.2, -0.15) is 4.31 Å². The first-order chi connectivity index (χ1) is 15.3. The van der Waals surface area contributed by atoms with Gasteiger partial charge in [0.15, 0.2) is 0 Å². The lowest BCUT2D eigenvalue weighted by molar-refractivity contribution is -0.121. The fourth-order valence-corrected chi connectivity index (χ4v) is 5.56. The van der Waals surface area contributed by atoms with Gasteiger partial charge < -0.3 is 14.8 Å². The minimum atomic E-state index is -3.54. The Hall–Kier alpha value is -1.97. The summed E-state index contributed by atoms with van der Waals surface area (Å²) in [5.41, 5.74) is 1.57. The van der Waals surface area contributed by atoms with E-state index in [1.54, 1.807) is 12.1 Å². The number of imidazole rings is 1. The molecule has 9 heteroatoms. The SMILES string of the molecule is CCCn1c(CCC(=O)NCCN(C)C2CC2)nc2cc(S(=O)(=O)N(CC)CC)ccc21. The number of amides is 1. The predicted molar refractivity (Wildman–Crippen MR) is 127 cm³/mol. The van der Waals surface area contributed by atoms with Crippen LogP contribution in [0.1, 0.15) is 52.3 Å². The lowest BCUT2D eigenvalue weighted by Gasteiger charge is -2.18. The zero-order valence-corrected chi connectivity index (χ0v) is 20.6. The van der Waals surface area contributed by atoms with Gasteiger partial charge in [-0.15, -0.1) is 0 Å². The van der Waals surface area contributed by atoms with Gasteiger partial charge in [0, 0.05) is 51.6 Å². The number of sulfonamides is 1. The van der Waals surface area contributed by atoms with Crippen molar-refractivity contribution in [2.45, 2.75) is 70.4 Å². The van der Waals surface area contributed by atoms with Gasteiger partial charge in [-0.3, -0.25) is 4.79 Å². The van der Waals surface area contributed by atoms with E-state index in [-0.39, 0.29) is 10.8 Å². The highest BCUT2D eigenvalue weighted by Crippen LogP contribution is 2.25. The molecule has 0 spiro atoms. The van der Waals surface area contributed by atoms with Crippen LogP contribution in [0, 0.1) is 0 Å². The number of likely N-dealkylation sites (N-methyl/N-ethyl adjacent to an activating group) is 1. The predicted octanol–water partition coefficient (Wildman–Crippen LogP) is 2.62. The van der Waals surface area contributed by atoms with Crippen molar-refractivity contribution in [2.75, 3.05) is 33.2 Å². The monoisotopic (exact) mass is 463 g/mol. The van der Waals surface area contributed by atoms with E-state index in [2.05, 4.69) is 28.8 Å². The lowest BCUT2D eigenvalue weighted by Crippen LogP contribution is -2.34. The molecule has 3 rings (SSSR count). The van der Waals surface area contributed by atoms with Crippen LogP contribution in [0.5, 0.6) is 0 Å². The van der Waals surface area contributed by atoms with E-state index in [1.165, 1.54) is 17.1 Å². The first-order valence-corrected chi connectivity index (χ1v) is 13.2. The summed E-state index contributed by atoms with van der Waals surface area (Å²) < 4.78 is 29.4. The smallest absolute Gasteiger partial charge is 0.243 e. The number of hydrogen-bond donors (Lipinski definition) is 1. The number of aromatic nitrogens is 2. The maximum Gasteiger partial charge on any atom is 0.243 e. The molecule has 1 aliphatic rings. The minimum Gasteiger partial charge on any atom is -0.355 e. The first kappa shape index (κ1) is 24.7. The highest BCUT2D eigenvalue weighted by atomic mass is 32.2. The summed E-state index contributed by atoms with van der Waals surface area (Å²) in [6.07, 6.45) is 4.34. The molecule has 8 nitrogen and oxygen atoms in total. The largest absolute Gasteiger partial charge is 0.355 e. The van der Waals surface area contributed by atoms with Gasteiger partial charge >= 0.3 is 0 Å². The Bertz CT molecular complexity index is 1030. The summed E-state index contributed by atoms with van der Waals surface area (Å²) >= 11 is 0. The normalized spacial score (nSPS) is 14.6. The Morgan fingerprint density at radius 1 is 1.22 bits per heavy atom. The Balaban J connectivity index is 1.71. The minimum absolute atomic E-state index is 0.0223. The van der Waals surface area contributed by atoms with Crippen molar-refractivity contribution in [1.82, 2.24) is 24.1 Å². The number of carbonyl (C=O) groups is 1. The summed E-state index contributed by atoms with van der Waals surface area (Å²) in [5.74, 6) is 0.846. The van der Waals surface area contributed by atoms with Crippen molar-refractivity contribution in [3.8, 4) is 0 Å². The van der Waals surface area contributed by atoms with Gasteiger partial charge in [0.2, 0.25) is 15.9 Å². The molecule has 1 saturated carbocycles. The zero-order valence-electron chi connectivity index (χ0n) is 19.8. The molecule has 1 fully saturated rings. The van der Waals surface area contributed by atoms with Crippen LogP contribution < -0.4 is 5.32 Å². The third-order valence-corrected chi connectivity index (χ3v) is 8.17. The summed E-state index contributed by atoms with van der Waals surface area (Å²) in [5, 5.41) is 3.00. The first-order valence-electron chi connectivity index (χ1n) is 11.8. The van der Waals surface area contributed by atoms with Gasteiger partial charge in [-0.1, -0.05) is 20.8 Å². The molecule has 0 atom stereocenters.